The van der Waals surface area contributed by atoms with Gasteiger partial charge in [-0.2, -0.15) is 0 Å². The van der Waals surface area contributed by atoms with E-state index in [2.05, 4.69) is 26.2 Å². The number of pyridine rings is 1. The average Bonchev–Trinajstić information content (AvgIpc) is 2.50. The Balaban J connectivity index is 1.94. The summed E-state index contributed by atoms with van der Waals surface area (Å²) in [5.41, 5.74) is 7.60. The molecule has 0 aliphatic heterocycles. The summed E-state index contributed by atoms with van der Waals surface area (Å²) in [4.78, 5) is 16.4. The molecule has 104 valence electrons. The number of rotatable bonds is 2. The molecule has 3 rings (SSSR count). The largest absolute Gasteiger partial charge is 0.398 e. The van der Waals surface area contributed by atoms with Crippen molar-refractivity contribution in [2.75, 3.05) is 11.1 Å². The van der Waals surface area contributed by atoms with Crippen molar-refractivity contribution >= 4 is 44.0 Å². The lowest BCUT2D eigenvalue weighted by Gasteiger charge is -2.09. The smallest absolute Gasteiger partial charge is 0.255 e. The molecule has 0 unspecified atom stereocenters. The van der Waals surface area contributed by atoms with Gasteiger partial charge >= 0.3 is 0 Å². The zero-order valence-electron chi connectivity index (χ0n) is 11.0. The van der Waals surface area contributed by atoms with Crippen LogP contribution in [-0.4, -0.2) is 10.9 Å². The van der Waals surface area contributed by atoms with Crippen molar-refractivity contribution in [3.8, 4) is 0 Å². The van der Waals surface area contributed by atoms with E-state index in [4.69, 9.17) is 5.73 Å². The zero-order valence-corrected chi connectivity index (χ0v) is 12.6. The van der Waals surface area contributed by atoms with Crippen LogP contribution in [0.25, 0.3) is 10.8 Å². The molecule has 0 bridgehead atoms. The SMILES string of the molecule is Nc1ccc(C(=O)Nc2cccc3ccncc23)cc1Br. The highest BCUT2D eigenvalue weighted by molar-refractivity contribution is 9.10. The third kappa shape index (κ3) is 2.73. The summed E-state index contributed by atoms with van der Waals surface area (Å²) in [5.74, 6) is -0.188. The molecule has 0 saturated carbocycles. The maximum atomic E-state index is 12.3. The van der Waals surface area contributed by atoms with Crippen molar-refractivity contribution in [2.45, 2.75) is 0 Å². The van der Waals surface area contributed by atoms with E-state index in [1.165, 1.54) is 0 Å². The molecule has 5 heteroatoms. The third-order valence-electron chi connectivity index (χ3n) is 3.19. The first-order valence-electron chi connectivity index (χ1n) is 6.34. The Kier molecular flexibility index (Phi) is 3.58. The number of anilines is 2. The number of amides is 1. The summed E-state index contributed by atoms with van der Waals surface area (Å²) in [6.07, 6.45) is 3.47. The number of benzene rings is 2. The van der Waals surface area contributed by atoms with Crippen molar-refractivity contribution in [3.05, 3.63) is 64.9 Å². The molecular weight excluding hydrogens is 330 g/mol. The topological polar surface area (TPSA) is 68.0 Å². The average molecular weight is 342 g/mol. The lowest BCUT2D eigenvalue weighted by Crippen LogP contribution is -2.12. The molecule has 3 aromatic rings. The first-order chi connectivity index (χ1) is 10.1. The van der Waals surface area contributed by atoms with Crippen LogP contribution in [0.1, 0.15) is 10.4 Å². The number of aromatic nitrogens is 1. The van der Waals surface area contributed by atoms with Gasteiger partial charge in [0.05, 0.1) is 5.69 Å². The molecule has 0 aliphatic carbocycles. The molecule has 0 aliphatic rings. The lowest BCUT2D eigenvalue weighted by molar-refractivity contribution is 0.102. The van der Waals surface area contributed by atoms with Crippen molar-refractivity contribution < 1.29 is 4.79 Å². The highest BCUT2D eigenvalue weighted by atomic mass is 79.9. The van der Waals surface area contributed by atoms with Crippen molar-refractivity contribution in [1.82, 2.24) is 4.98 Å². The van der Waals surface area contributed by atoms with Crippen LogP contribution in [0.5, 0.6) is 0 Å². The molecule has 0 radical (unpaired) electrons. The number of hydrogen-bond donors (Lipinski definition) is 2. The number of nitrogens with two attached hydrogens (primary N) is 1. The van der Waals surface area contributed by atoms with Gasteiger partial charge in [-0.25, -0.2) is 0 Å². The van der Waals surface area contributed by atoms with Gasteiger partial charge in [0.25, 0.3) is 5.91 Å². The Hall–Kier alpha value is -2.40. The Labute approximate surface area is 130 Å². The molecule has 2 aromatic carbocycles. The first-order valence-corrected chi connectivity index (χ1v) is 7.13. The van der Waals surface area contributed by atoms with E-state index in [9.17, 15) is 4.79 Å². The van der Waals surface area contributed by atoms with Gasteiger partial charge in [0, 0.05) is 33.5 Å². The van der Waals surface area contributed by atoms with Crippen LogP contribution < -0.4 is 11.1 Å². The number of halogens is 1. The molecule has 3 N–H and O–H groups in total. The minimum Gasteiger partial charge on any atom is -0.398 e. The lowest BCUT2D eigenvalue weighted by atomic mass is 10.1. The maximum Gasteiger partial charge on any atom is 0.255 e. The summed E-state index contributed by atoms with van der Waals surface area (Å²) < 4.78 is 0.703. The van der Waals surface area contributed by atoms with E-state index in [0.29, 0.717) is 15.7 Å². The number of nitrogens with zero attached hydrogens (tertiary/aromatic N) is 1. The van der Waals surface area contributed by atoms with Crippen LogP contribution in [0.15, 0.2) is 59.3 Å². The Morgan fingerprint density at radius 2 is 2.05 bits per heavy atom. The molecular formula is C16H12BrN3O. The highest BCUT2D eigenvalue weighted by Gasteiger charge is 2.09. The number of nitrogen functional groups attached to an aromatic ring is 1. The number of hydrogen-bond acceptors (Lipinski definition) is 3. The molecule has 1 amide bonds. The zero-order chi connectivity index (χ0) is 14.8. The molecule has 21 heavy (non-hydrogen) atoms. The normalized spacial score (nSPS) is 10.5. The van der Waals surface area contributed by atoms with Gasteiger partial charge < -0.3 is 11.1 Å². The van der Waals surface area contributed by atoms with E-state index >= 15 is 0 Å². The second-order valence-corrected chi connectivity index (χ2v) is 5.45. The second-order valence-electron chi connectivity index (χ2n) is 4.59. The summed E-state index contributed by atoms with van der Waals surface area (Å²) >= 11 is 3.32. The van der Waals surface area contributed by atoms with Gasteiger partial charge in [-0.3, -0.25) is 9.78 Å². The van der Waals surface area contributed by atoms with Gasteiger partial charge in [0.1, 0.15) is 0 Å². The standard InChI is InChI=1S/C16H12BrN3O/c17-13-8-11(4-5-14(13)18)16(21)20-15-3-1-2-10-6-7-19-9-12(10)15/h1-9H,18H2,(H,20,21). The number of carbonyl (C=O) groups is 1. The number of nitrogens with one attached hydrogen (secondary N) is 1. The summed E-state index contributed by atoms with van der Waals surface area (Å²) in [6.45, 7) is 0. The van der Waals surface area contributed by atoms with Crippen LogP contribution in [0.4, 0.5) is 11.4 Å². The molecule has 0 spiro atoms. The monoisotopic (exact) mass is 341 g/mol. The number of carbonyl (C=O) groups excluding carboxylic acids is 1. The van der Waals surface area contributed by atoms with E-state index in [0.717, 1.165) is 16.5 Å². The van der Waals surface area contributed by atoms with Crippen molar-refractivity contribution in [2.24, 2.45) is 0 Å². The Morgan fingerprint density at radius 1 is 1.19 bits per heavy atom. The fourth-order valence-corrected chi connectivity index (χ4v) is 2.46. The Morgan fingerprint density at radius 3 is 2.86 bits per heavy atom. The minimum atomic E-state index is -0.188. The van der Waals surface area contributed by atoms with E-state index in [1.54, 1.807) is 30.6 Å². The van der Waals surface area contributed by atoms with E-state index in [-0.39, 0.29) is 5.91 Å². The van der Waals surface area contributed by atoms with Crippen LogP contribution >= 0.6 is 15.9 Å². The van der Waals surface area contributed by atoms with Crippen LogP contribution in [-0.2, 0) is 0 Å². The van der Waals surface area contributed by atoms with E-state index < -0.39 is 0 Å². The molecule has 0 saturated heterocycles. The second kappa shape index (κ2) is 5.54. The first kappa shape index (κ1) is 13.6. The van der Waals surface area contributed by atoms with Gasteiger partial charge in [-0.15, -0.1) is 0 Å². The fourth-order valence-electron chi connectivity index (χ4n) is 2.09. The van der Waals surface area contributed by atoms with Gasteiger partial charge in [-0.1, -0.05) is 12.1 Å². The number of fused-ring (bicyclic) bond motifs is 1. The van der Waals surface area contributed by atoms with Gasteiger partial charge in [0.2, 0.25) is 0 Å². The van der Waals surface area contributed by atoms with Gasteiger partial charge in [0.15, 0.2) is 0 Å². The highest BCUT2D eigenvalue weighted by Crippen LogP contribution is 2.24. The molecule has 1 aromatic heterocycles. The summed E-state index contributed by atoms with van der Waals surface area (Å²) in [6, 6.07) is 12.7. The predicted octanol–water partition coefficient (Wildman–Crippen LogP) is 3.83. The van der Waals surface area contributed by atoms with Crippen molar-refractivity contribution in [1.29, 1.82) is 0 Å². The quantitative estimate of drug-likeness (QED) is 0.696. The maximum absolute atomic E-state index is 12.3. The predicted molar refractivity (Wildman–Crippen MR) is 88.3 cm³/mol. The molecule has 4 nitrogen and oxygen atoms in total. The Bertz CT molecular complexity index is 827. The van der Waals surface area contributed by atoms with Crippen LogP contribution in [0, 0.1) is 0 Å². The third-order valence-corrected chi connectivity index (χ3v) is 3.88. The van der Waals surface area contributed by atoms with E-state index in [1.807, 2.05) is 24.3 Å². The summed E-state index contributed by atoms with van der Waals surface area (Å²) in [7, 11) is 0. The molecule has 0 atom stereocenters. The van der Waals surface area contributed by atoms with Crippen LogP contribution in [0.3, 0.4) is 0 Å². The summed E-state index contributed by atoms with van der Waals surface area (Å²) in [5, 5.41) is 4.84. The van der Waals surface area contributed by atoms with Crippen molar-refractivity contribution in [3.63, 3.8) is 0 Å². The van der Waals surface area contributed by atoms with Crippen LogP contribution in [0.2, 0.25) is 0 Å². The van der Waals surface area contributed by atoms with Gasteiger partial charge in [-0.05, 0) is 51.6 Å². The molecule has 1 heterocycles. The fraction of sp³-hybridized carbons (Fsp3) is 0. The molecule has 0 fully saturated rings. The minimum absolute atomic E-state index is 0.188.